The third-order valence-corrected chi connectivity index (χ3v) is 0. The molecule has 0 rings (SSSR count). The van der Waals surface area contributed by atoms with Crippen molar-refractivity contribution in [3.8, 4) is 0 Å². The first-order valence-corrected chi connectivity index (χ1v) is 5.37. The van der Waals surface area contributed by atoms with Gasteiger partial charge in [0.05, 0.1) is 8.93 Å². The van der Waals surface area contributed by atoms with Crippen LogP contribution in [0.4, 0.5) is 0 Å². The van der Waals surface area contributed by atoms with Crippen molar-refractivity contribution in [1.29, 1.82) is 1.28 Å². The molecule has 0 aliphatic heterocycles. The molecule has 0 bridgehead atoms. The summed E-state index contributed by atoms with van der Waals surface area (Å²) in [6.07, 6.45) is -2.28. The standard InChI is InChI=1S/Cl2H2P2/c1-4(2)3/h3H2/p+1/i/hT. The van der Waals surface area contributed by atoms with E-state index >= 15 is 0 Å². The minimum Gasteiger partial charge on any atom is 0.0618 e. The van der Waals surface area contributed by atoms with Crippen LogP contribution in [0, 0.1) is 0 Å². The second kappa shape index (κ2) is 2.67. The smallest absolute Gasteiger partial charge is 0.0618 e. The van der Waals surface area contributed by atoms with E-state index in [9.17, 15) is 0 Å². The Hall–Kier alpha value is 1.44. The van der Waals surface area contributed by atoms with Gasteiger partial charge in [-0.2, -0.15) is 0 Å². The lowest BCUT2D eigenvalue weighted by Crippen LogP contribution is -0.930. The first-order chi connectivity index (χ1) is 2.00. The minimum atomic E-state index is -2.28. The fourth-order valence-corrected chi connectivity index (χ4v) is 0. The lowest BCUT2D eigenvalue weighted by molar-refractivity contribution is 4.71. The molecule has 0 aromatic heterocycles. The highest BCUT2D eigenvalue weighted by atomic mass is 35.9. The van der Waals surface area contributed by atoms with Crippen molar-refractivity contribution in [2.24, 2.45) is 0 Å². The largest absolute Gasteiger partial charge is 0.310 e. The average Bonchev–Trinajstić information content (AvgIpc) is 0.722. The summed E-state index contributed by atoms with van der Waals surface area (Å²) in [6, 6.07) is 0. The second-order valence-corrected chi connectivity index (χ2v) is 6.99. The summed E-state index contributed by atoms with van der Waals surface area (Å²) >= 11 is 10.1. The SMILES string of the molecule is [3H][P+](P)(Cl)Cl. The summed E-state index contributed by atoms with van der Waals surface area (Å²) in [6.45, 7) is 0. The van der Waals surface area contributed by atoms with Crippen LogP contribution in [-0.4, -0.2) is 1.28 Å². The summed E-state index contributed by atoms with van der Waals surface area (Å²) in [4.78, 5) is 0. The fourth-order valence-electron chi connectivity index (χ4n) is 0. The van der Waals surface area contributed by atoms with E-state index in [1.807, 2.05) is 8.93 Å². The average molecular weight is 138 g/mol. The van der Waals surface area contributed by atoms with Crippen molar-refractivity contribution in [2.75, 3.05) is 0 Å². The van der Waals surface area contributed by atoms with Crippen LogP contribution in [0.5, 0.6) is 0 Å². The Balaban J connectivity index is 3.02. The van der Waals surface area contributed by atoms with Gasteiger partial charge < -0.3 is 0 Å². The Bertz CT molecular complexity index is 23.1. The van der Waals surface area contributed by atoms with Crippen molar-refractivity contribution in [3.63, 3.8) is 0 Å². The molecular weight excluding hydrogens is 133 g/mol. The molecule has 0 N–H and O–H groups in total. The fraction of sp³-hybridized carbons (Fsp3) is 0. The number of hydrogen-bond acceptors (Lipinski definition) is 0. The van der Waals surface area contributed by atoms with E-state index in [1.54, 1.807) is 0 Å². The Morgan fingerprint density at radius 2 is 2.00 bits per heavy atom. The maximum Gasteiger partial charge on any atom is 0.310 e. The van der Waals surface area contributed by atoms with Gasteiger partial charge in [0.2, 0.25) is 6.26 Å². The van der Waals surface area contributed by atoms with Gasteiger partial charge in [-0.3, -0.25) is 0 Å². The van der Waals surface area contributed by atoms with Crippen LogP contribution in [0.25, 0.3) is 0 Å². The molecule has 0 amide bonds. The van der Waals surface area contributed by atoms with Gasteiger partial charge in [0.25, 0.3) is 0 Å². The van der Waals surface area contributed by atoms with Gasteiger partial charge in [0.1, 0.15) is 22.5 Å². The molecule has 0 aromatic carbocycles. The molecule has 0 spiro atoms. The topological polar surface area (TPSA) is 0 Å². The molecule has 0 heterocycles. The maximum absolute atomic E-state index is 6.54. The van der Waals surface area contributed by atoms with Crippen LogP contribution < -0.4 is 0 Å². The Kier molecular flexibility index (Phi) is 2.41. The molecule has 0 aromatic rings. The number of halogens is 2. The van der Waals surface area contributed by atoms with Crippen LogP contribution in [0.1, 0.15) is 0 Å². The number of hydrogen-bond donors (Lipinski definition) is 0. The normalized spacial score (nSPS) is 15.2. The molecule has 4 heteroatoms. The zero-order chi connectivity index (χ0) is 4.50. The quantitative estimate of drug-likeness (QED) is 0.450. The van der Waals surface area contributed by atoms with Crippen molar-refractivity contribution >= 4 is 37.7 Å². The van der Waals surface area contributed by atoms with E-state index in [-0.39, 0.29) is 0 Å². The first-order valence-electron chi connectivity index (χ1n) is 1.04. The van der Waals surface area contributed by atoms with Gasteiger partial charge >= 0.3 is 1.28 Å². The Morgan fingerprint density at radius 1 is 2.00 bits per heavy atom. The highest BCUT2D eigenvalue weighted by Gasteiger charge is 1.89. The van der Waals surface area contributed by atoms with Gasteiger partial charge in [-0.1, -0.05) is 0 Å². The first kappa shape index (κ1) is 3.62. The van der Waals surface area contributed by atoms with Gasteiger partial charge in [-0.05, 0) is 0 Å². The molecule has 0 aliphatic rings. The zero-order valence-electron chi connectivity index (χ0n) is 2.78. The van der Waals surface area contributed by atoms with Crippen LogP contribution in [0.15, 0.2) is 0 Å². The molecule has 1 unspecified atom stereocenters. The van der Waals surface area contributed by atoms with Gasteiger partial charge in [0, 0.05) is 0 Å². The highest BCUT2D eigenvalue weighted by Crippen LogP contribution is 2.54. The van der Waals surface area contributed by atoms with E-state index in [1.165, 1.54) is 0 Å². The van der Waals surface area contributed by atoms with Gasteiger partial charge in [0.15, 0.2) is 0 Å². The van der Waals surface area contributed by atoms with Crippen molar-refractivity contribution in [1.82, 2.24) is 0 Å². The van der Waals surface area contributed by atoms with E-state index in [0.717, 1.165) is 0 Å². The van der Waals surface area contributed by atoms with E-state index < -0.39 is 6.26 Å². The third-order valence-electron chi connectivity index (χ3n) is 0. The van der Waals surface area contributed by atoms with Crippen LogP contribution in [-0.2, 0) is 0 Å². The molecule has 4 heavy (non-hydrogen) atoms. The third kappa shape index (κ3) is 9.88. The Labute approximate surface area is 39.6 Å². The van der Waals surface area contributed by atoms with E-state index in [2.05, 4.69) is 0 Å². The molecule has 0 fully saturated rings. The molecule has 1 atom stereocenters. The van der Waals surface area contributed by atoms with E-state index in [4.69, 9.17) is 23.8 Å². The van der Waals surface area contributed by atoms with E-state index in [0.29, 0.717) is 0 Å². The van der Waals surface area contributed by atoms with Crippen LogP contribution in [0.3, 0.4) is 0 Å². The van der Waals surface area contributed by atoms with Gasteiger partial charge in [-0.15, -0.1) is 0 Å². The highest BCUT2D eigenvalue weighted by molar-refractivity contribution is 8.39. The molecule has 0 saturated heterocycles. The van der Waals surface area contributed by atoms with Gasteiger partial charge in [-0.25, -0.2) is 0 Å². The molecule has 0 radical (unpaired) electrons. The molecule has 0 saturated carbocycles. The molecule has 26 valence electrons. The summed E-state index contributed by atoms with van der Waals surface area (Å²) in [5.74, 6) is 0. The summed E-state index contributed by atoms with van der Waals surface area (Å²) in [5, 5.41) is 0. The van der Waals surface area contributed by atoms with Crippen molar-refractivity contribution < 1.29 is 0 Å². The summed E-state index contributed by atoms with van der Waals surface area (Å²) < 4.78 is 6.54. The maximum atomic E-state index is 6.54. The lowest BCUT2D eigenvalue weighted by Gasteiger charge is -1.58. The molecule has 0 nitrogen and oxygen atoms in total. The number of rotatable bonds is 0. The van der Waals surface area contributed by atoms with Crippen molar-refractivity contribution in [2.45, 2.75) is 0 Å². The Morgan fingerprint density at radius 3 is 2.00 bits per heavy atom. The lowest BCUT2D eigenvalue weighted by atomic mass is 29.8. The zero-order valence-corrected chi connectivity index (χ0v) is 5.34. The predicted molar refractivity (Wildman–Crippen MR) is 29.7 cm³/mol. The van der Waals surface area contributed by atoms with Crippen LogP contribution >= 0.6 is 37.7 Å². The van der Waals surface area contributed by atoms with Crippen LogP contribution in [0.2, 0.25) is 0 Å². The molecule has 0 aliphatic carbocycles. The second-order valence-electron chi connectivity index (χ2n) is 0.259. The minimum absolute atomic E-state index is 2.02. The summed E-state index contributed by atoms with van der Waals surface area (Å²) in [5.41, 5.74) is 0. The monoisotopic (exact) mass is 137 g/mol. The summed E-state index contributed by atoms with van der Waals surface area (Å²) in [7, 11) is 2.02. The molecular formula is H3Cl2P2+. The predicted octanol–water partition coefficient (Wildman–Crippen LogP) is 2.30. The van der Waals surface area contributed by atoms with Crippen molar-refractivity contribution in [3.05, 3.63) is 0 Å².